The Morgan fingerprint density at radius 1 is 0.852 bits per heavy atom. The van der Waals surface area contributed by atoms with E-state index < -0.39 is 17.1 Å². The molecular weight excluding hydrogens is 366 g/mol. The van der Waals surface area contributed by atoms with Crippen molar-refractivity contribution in [1.29, 1.82) is 0 Å². The number of hydrogen-bond acceptors (Lipinski definition) is 4. The minimum atomic E-state index is -1.80. The molecule has 1 atom stereocenters. The van der Waals surface area contributed by atoms with Gasteiger partial charge in [0, 0.05) is 16.9 Å². The smallest absolute Gasteiger partial charge is 0.264 e. The summed E-state index contributed by atoms with van der Waals surface area (Å²) in [7, 11) is 0. The zero-order valence-corrected chi connectivity index (χ0v) is 15.2. The lowest BCUT2D eigenvalue weighted by Gasteiger charge is -2.09. The van der Waals surface area contributed by atoms with Crippen LogP contribution in [0, 0.1) is 6.92 Å². The molecule has 0 saturated carbocycles. The van der Waals surface area contributed by atoms with Crippen LogP contribution >= 0.6 is 0 Å². The molecule has 8 heteroatoms. The number of furan rings is 1. The molecule has 2 amide bonds. The van der Waals surface area contributed by atoms with E-state index in [1.807, 2.05) is 19.1 Å². The van der Waals surface area contributed by atoms with Crippen LogP contribution in [0.4, 0.5) is 11.4 Å². The van der Waals surface area contributed by atoms with Crippen LogP contribution in [-0.2, 0) is 11.2 Å². The number of rotatable bonds is 6. The third-order valence-corrected chi connectivity index (χ3v) is 4.43. The number of nitrogens with one attached hydrogen (secondary N) is 3. The van der Waals surface area contributed by atoms with Gasteiger partial charge in [0.15, 0.2) is 0 Å². The van der Waals surface area contributed by atoms with E-state index in [0.717, 1.165) is 5.56 Å². The van der Waals surface area contributed by atoms with E-state index in [-0.39, 0.29) is 5.91 Å². The van der Waals surface area contributed by atoms with Gasteiger partial charge in [-0.15, -0.1) is 0 Å². The van der Waals surface area contributed by atoms with Crippen molar-refractivity contribution in [3.8, 4) is 0 Å². The van der Waals surface area contributed by atoms with Crippen molar-refractivity contribution < 1.29 is 18.2 Å². The first-order valence-electron chi connectivity index (χ1n) is 8.01. The molecule has 2 aromatic carbocycles. The van der Waals surface area contributed by atoms with E-state index in [1.165, 1.54) is 12.5 Å². The number of amides is 2. The molecule has 0 bridgehead atoms. The second-order valence-corrected chi connectivity index (χ2v) is 6.66. The SMILES string of the molecule is Cc1ccc(C(=O)N[S@](=O)Nc2ccc(NC(=O)c3ccoc3)cc2)cc1. The van der Waals surface area contributed by atoms with Crippen molar-refractivity contribution in [2.75, 3.05) is 10.0 Å². The van der Waals surface area contributed by atoms with Gasteiger partial charge < -0.3 is 9.73 Å². The number of carbonyl (C=O) groups is 2. The number of hydrogen-bond donors (Lipinski definition) is 3. The summed E-state index contributed by atoms with van der Waals surface area (Å²) in [5, 5.41) is 2.71. The summed E-state index contributed by atoms with van der Waals surface area (Å²) < 4.78 is 22.0. The predicted octanol–water partition coefficient (Wildman–Crippen LogP) is 3.26. The van der Waals surface area contributed by atoms with Gasteiger partial charge in [-0.1, -0.05) is 17.7 Å². The maximum absolute atomic E-state index is 12.1. The first-order valence-corrected chi connectivity index (χ1v) is 9.16. The van der Waals surface area contributed by atoms with Crippen LogP contribution in [-0.4, -0.2) is 16.0 Å². The molecule has 3 N–H and O–H groups in total. The van der Waals surface area contributed by atoms with E-state index in [9.17, 15) is 13.8 Å². The molecule has 27 heavy (non-hydrogen) atoms. The predicted molar refractivity (Wildman–Crippen MR) is 104 cm³/mol. The summed E-state index contributed by atoms with van der Waals surface area (Å²) in [6.45, 7) is 1.92. The minimum absolute atomic E-state index is 0.293. The van der Waals surface area contributed by atoms with Gasteiger partial charge in [0.1, 0.15) is 6.26 Å². The Morgan fingerprint density at radius 2 is 1.52 bits per heavy atom. The van der Waals surface area contributed by atoms with Gasteiger partial charge in [-0.25, -0.2) is 4.21 Å². The average Bonchev–Trinajstić information content (AvgIpc) is 3.18. The highest BCUT2D eigenvalue weighted by molar-refractivity contribution is 7.85. The monoisotopic (exact) mass is 383 g/mol. The van der Waals surface area contributed by atoms with E-state index >= 15 is 0 Å². The summed E-state index contributed by atoms with van der Waals surface area (Å²) in [4.78, 5) is 24.0. The molecule has 0 spiro atoms. The fourth-order valence-electron chi connectivity index (χ4n) is 2.20. The number of carbonyl (C=O) groups excluding carboxylic acids is 2. The molecule has 0 aliphatic heterocycles. The summed E-state index contributed by atoms with van der Waals surface area (Å²) in [5.41, 5.74) is 2.97. The number of anilines is 2. The van der Waals surface area contributed by atoms with E-state index in [0.29, 0.717) is 22.5 Å². The minimum Gasteiger partial charge on any atom is -0.472 e. The second-order valence-electron chi connectivity index (χ2n) is 5.71. The number of benzene rings is 2. The third-order valence-electron chi connectivity index (χ3n) is 3.64. The molecular formula is C19H17N3O4S. The van der Waals surface area contributed by atoms with Gasteiger partial charge in [0.25, 0.3) is 11.8 Å². The molecule has 0 aliphatic carbocycles. The molecule has 3 rings (SSSR count). The lowest BCUT2D eigenvalue weighted by Crippen LogP contribution is -2.29. The van der Waals surface area contributed by atoms with Crippen LogP contribution in [0.15, 0.2) is 71.5 Å². The van der Waals surface area contributed by atoms with Gasteiger partial charge >= 0.3 is 0 Å². The molecule has 1 heterocycles. The van der Waals surface area contributed by atoms with Crippen molar-refractivity contribution in [2.24, 2.45) is 0 Å². The summed E-state index contributed by atoms with van der Waals surface area (Å²) in [5.74, 6) is -0.733. The molecule has 0 fully saturated rings. The molecule has 0 aliphatic rings. The van der Waals surface area contributed by atoms with Crippen LogP contribution in [0.5, 0.6) is 0 Å². The number of aryl methyl sites for hydroxylation is 1. The van der Waals surface area contributed by atoms with Crippen molar-refractivity contribution in [3.05, 3.63) is 83.8 Å². The van der Waals surface area contributed by atoms with Gasteiger partial charge in [-0.05, 0) is 49.4 Å². The molecule has 0 unspecified atom stereocenters. The van der Waals surface area contributed by atoms with Gasteiger partial charge in [-0.3, -0.25) is 19.0 Å². The summed E-state index contributed by atoms with van der Waals surface area (Å²) in [6, 6.07) is 15.1. The summed E-state index contributed by atoms with van der Waals surface area (Å²) >= 11 is -1.80. The highest BCUT2D eigenvalue weighted by Gasteiger charge is 2.10. The van der Waals surface area contributed by atoms with E-state index in [2.05, 4.69) is 14.8 Å². The largest absolute Gasteiger partial charge is 0.472 e. The topological polar surface area (TPSA) is 100 Å². The van der Waals surface area contributed by atoms with E-state index in [1.54, 1.807) is 42.5 Å². The normalized spacial score (nSPS) is 11.4. The maximum Gasteiger partial charge on any atom is 0.264 e. The quantitative estimate of drug-likeness (QED) is 0.608. The van der Waals surface area contributed by atoms with Crippen molar-refractivity contribution in [2.45, 2.75) is 6.92 Å². The Bertz CT molecular complexity index is 952. The fourth-order valence-corrected chi connectivity index (χ4v) is 2.89. The van der Waals surface area contributed by atoms with Crippen LogP contribution in [0.2, 0.25) is 0 Å². The van der Waals surface area contributed by atoms with E-state index in [4.69, 9.17) is 4.42 Å². The van der Waals surface area contributed by atoms with Crippen molar-refractivity contribution in [1.82, 2.24) is 4.72 Å². The Kier molecular flexibility index (Phi) is 5.68. The lowest BCUT2D eigenvalue weighted by atomic mass is 10.1. The molecule has 3 aromatic rings. The first kappa shape index (κ1) is 18.4. The molecule has 0 radical (unpaired) electrons. The molecule has 0 saturated heterocycles. The second kappa shape index (κ2) is 8.33. The Labute approximate surface area is 158 Å². The highest BCUT2D eigenvalue weighted by atomic mass is 32.2. The van der Waals surface area contributed by atoms with Crippen LogP contribution in [0.25, 0.3) is 0 Å². The molecule has 1 aromatic heterocycles. The lowest BCUT2D eigenvalue weighted by molar-refractivity contribution is 0.0981. The van der Waals surface area contributed by atoms with Crippen molar-refractivity contribution >= 4 is 34.4 Å². The van der Waals surface area contributed by atoms with Gasteiger partial charge in [-0.2, -0.15) is 0 Å². The first-order chi connectivity index (χ1) is 13.0. The van der Waals surface area contributed by atoms with Crippen LogP contribution in [0.3, 0.4) is 0 Å². The Hall–Kier alpha value is -3.39. The van der Waals surface area contributed by atoms with Gasteiger partial charge in [0.05, 0.1) is 11.8 Å². The Balaban J connectivity index is 1.54. The van der Waals surface area contributed by atoms with Crippen molar-refractivity contribution in [3.63, 3.8) is 0 Å². The van der Waals surface area contributed by atoms with Crippen LogP contribution < -0.4 is 14.8 Å². The highest BCUT2D eigenvalue weighted by Crippen LogP contribution is 2.15. The summed E-state index contributed by atoms with van der Waals surface area (Å²) in [6.07, 6.45) is 2.77. The Morgan fingerprint density at radius 3 is 2.15 bits per heavy atom. The zero-order valence-electron chi connectivity index (χ0n) is 14.4. The van der Waals surface area contributed by atoms with Crippen LogP contribution in [0.1, 0.15) is 26.3 Å². The van der Waals surface area contributed by atoms with Gasteiger partial charge in [0.2, 0.25) is 11.2 Å². The third kappa shape index (κ3) is 5.05. The fraction of sp³-hybridized carbons (Fsp3) is 0.0526. The molecule has 138 valence electrons. The standard InChI is InChI=1S/C19H17N3O4S/c1-13-2-4-14(5-3-13)19(24)22-27(25)21-17-8-6-16(7-9-17)20-18(23)15-10-11-26-12-15/h2-12,21H,1H3,(H,20,23)(H,22,24)/t27-/m1/s1. The zero-order chi connectivity index (χ0) is 19.2. The average molecular weight is 383 g/mol. The maximum atomic E-state index is 12.1. The molecule has 7 nitrogen and oxygen atoms in total.